The monoisotopic (exact) mass is 487 g/mol. The van der Waals surface area contributed by atoms with Gasteiger partial charge in [0.15, 0.2) is 0 Å². The van der Waals surface area contributed by atoms with Crippen molar-refractivity contribution in [1.29, 1.82) is 0 Å². The van der Waals surface area contributed by atoms with Crippen LogP contribution < -0.4 is 10.6 Å². The largest absolute Gasteiger partial charge is 0.444 e. The van der Waals surface area contributed by atoms with Crippen molar-refractivity contribution in [2.24, 2.45) is 0 Å². The molecule has 1 aliphatic carbocycles. The summed E-state index contributed by atoms with van der Waals surface area (Å²) in [6.45, 7) is 16.7. The topological polar surface area (TPSA) is 87.7 Å². The van der Waals surface area contributed by atoms with Crippen LogP contribution in [0, 0.1) is 13.8 Å². The van der Waals surface area contributed by atoms with Crippen molar-refractivity contribution < 1.29 is 19.1 Å². The highest BCUT2D eigenvalue weighted by molar-refractivity contribution is 5.92. The molecule has 0 radical (unpaired) electrons. The van der Waals surface area contributed by atoms with Gasteiger partial charge in [0.1, 0.15) is 17.7 Å². The normalized spacial score (nSPS) is 16.7. The van der Waals surface area contributed by atoms with Gasteiger partial charge in [-0.15, -0.1) is 0 Å². The van der Waals surface area contributed by atoms with Crippen molar-refractivity contribution in [2.45, 2.75) is 124 Å². The van der Waals surface area contributed by atoms with Gasteiger partial charge in [-0.3, -0.25) is 9.59 Å². The van der Waals surface area contributed by atoms with Gasteiger partial charge in [-0.1, -0.05) is 37.5 Å². The molecule has 0 spiro atoms. The molecule has 0 aliphatic heterocycles. The highest BCUT2D eigenvalue weighted by Crippen LogP contribution is 2.33. The van der Waals surface area contributed by atoms with E-state index in [-0.39, 0.29) is 17.9 Å². The zero-order chi connectivity index (χ0) is 26.6. The summed E-state index contributed by atoms with van der Waals surface area (Å²) in [5.74, 6) is -0.522. The third-order valence-corrected chi connectivity index (χ3v) is 6.46. The Morgan fingerprint density at radius 2 is 1.60 bits per heavy atom. The first-order valence-electron chi connectivity index (χ1n) is 12.8. The summed E-state index contributed by atoms with van der Waals surface area (Å²) in [7, 11) is 0. The molecule has 2 atom stereocenters. The predicted molar refractivity (Wildman–Crippen MR) is 139 cm³/mol. The van der Waals surface area contributed by atoms with Crippen LogP contribution in [0.4, 0.5) is 4.79 Å². The molecule has 3 amide bonds. The molecular weight excluding hydrogens is 442 g/mol. The van der Waals surface area contributed by atoms with Gasteiger partial charge >= 0.3 is 6.09 Å². The molecule has 0 saturated heterocycles. The lowest BCUT2D eigenvalue weighted by Crippen LogP contribution is -2.58. The standard InChI is InChI=1S/C28H45N3O4/c1-18-14-13-17-22(19(18)2)23(24(32)30-21-15-11-10-12-16-21)31(27(4,5)6)25(33)20(3)29-26(34)35-28(7,8)9/h13-14,17,20-21,23H,10-12,15-16H2,1-9H3,(H,29,34)(H,30,32). The maximum Gasteiger partial charge on any atom is 0.408 e. The minimum Gasteiger partial charge on any atom is -0.444 e. The SMILES string of the molecule is Cc1cccc(C(C(=O)NC2CCCCC2)N(C(=O)C(C)NC(=O)OC(C)(C)C)C(C)(C)C)c1C. The van der Waals surface area contributed by atoms with E-state index < -0.39 is 29.3 Å². The Hall–Kier alpha value is -2.57. The number of benzene rings is 1. The Morgan fingerprint density at radius 1 is 1.00 bits per heavy atom. The van der Waals surface area contributed by atoms with E-state index >= 15 is 0 Å². The van der Waals surface area contributed by atoms with E-state index in [4.69, 9.17) is 4.74 Å². The summed E-state index contributed by atoms with van der Waals surface area (Å²) in [4.78, 5) is 41.8. The number of nitrogens with one attached hydrogen (secondary N) is 2. The second-order valence-electron chi connectivity index (χ2n) is 11.8. The van der Waals surface area contributed by atoms with Gasteiger partial charge in [0.05, 0.1) is 0 Å². The molecule has 0 bridgehead atoms. The van der Waals surface area contributed by atoms with Crippen LogP contribution in [0.3, 0.4) is 0 Å². The number of ether oxygens (including phenoxy) is 1. The molecule has 35 heavy (non-hydrogen) atoms. The van der Waals surface area contributed by atoms with Crippen LogP contribution in [0.15, 0.2) is 18.2 Å². The van der Waals surface area contributed by atoms with Crippen LogP contribution in [-0.4, -0.2) is 46.0 Å². The Morgan fingerprint density at radius 3 is 2.14 bits per heavy atom. The number of aryl methyl sites for hydroxylation is 1. The molecule has 2 N–H and O–H groups in total. The van der Waals surface area contributed by atoms with Crippen molar-refractivity contribution in [3.63, 3.8) is 0 Å². The average molecular weight is 488 g/mol. The van der Waals surface area contributed by atoms with E-state index in [1.165, 1.54) is 6.42 Å². The average Bonchev–Trinajstić information content (AvgIpc) is 2.72. The summed E-state index contributed by atoms with van der Waals surface area (Å²) in [6.07, 6.45) is 4.61. The number of hydrogen-bond donors (Lipinski definition) is 2. The molecule has 196 valence electrons. The fraction of sp³-hybridized carbons (Fsp3) is 0.679. The fourth-order valence-corrected chi connectivity index (χ4v) is 4.59. The van der Waals surface area contributed by atoms with Gasteiger partial charge in [-0.25, -0.2) is 4.79 Å². The van der Waals surface area contributed by atoms with Gasteiger partial charge in [0.25, 0.3) is 0 Å². The number of nitrogens with zero attached hydrogens (tertiary/aromatic N) is 1. The third kappa shape index (κ3) is 7.97. The first-order chi connectivity index (χ1) is 16.1. The van der Waals surface area contributed by atoms with E-state index in [9.17, 15) is 14.4 Å². The zero-order valence-electron chi connectivity index (χ0n) is 23.1. The van der Waals surface area contributed by atoms with Crippen LogP contribution >= 0.6 is 0 Å². The second kappa shape index (κ2) is 11.4. The van der Waals surface area contributed by atoms with E-state index in [1.807, 2.05) is 52.8 Å². The van der Waals surface area contributed by atoms with Gasteiger partial charge < -0.3 is 20.3 Å². The summed E-state index contributed by atoms with van der Waals surface area (Å²) < 4.78 is 5.35. The molecule has 0 heterocycles. The van der Waals surface area contributed by atoms with Gasteiger partial charge in [-0.2, -0.15) is 0 Å². The zero-order valence-corrected chi connectivity index (χ0v) is 23.1. The number of hydrogen-bond acceptors (Lipinski definition) is 4. The van der Waals surface area contributed by atoms with Crippen molar-refractivity contribution in [3.8, 4) is 0 Å². The molecule has 1 fully saturated rings. The molecule has 7 heteroatoms. The third-order valence-electron chi connectivity index (χ3n) is 6.46. The maximum absolute atomic E-state index is 13.9. The summed E-state index contributed by atoms with van der Waals surface area (Å²) in [5.41, 5.74) is 1.46. The van der Waals surface area contributed by atoms with Crippen LogP contribution in [0.1, 0.15) is 103 Å². The van der Waals surface area contributed by atoms with Crippen molar-refractivity contribution >= 4 is 17.9 Å². The van der Waals surface area contributed by atoms with Crippen LogP contribution in [0.25, 0.3) is 0 Å². The lowest BCUT2D eigenvalue weighted by molar-refractivity contribution is -0.148. The predicted octanol–water partition coefficient (Wildman–Crippen LogP) is 5.33. The van der Waals surface area contributed by atoms with Crippen LogP contribution in [-0.2, 0) is 14.3 Å². The summed E-state index contributed by atoms with van der Waals surface area (Å²) >= 11 is 0. The van der Waals surface area contributed by atoms with E-state index in [1.54, 1.807) is 32.6 Å². The number of amides is 3. The molecule has 0 aromatic heterocycles. The Kier molecular flexibility index (Phi) is 9.37. The number of carbonyl (C=O) groups excluding carboxylic acids is 3. The van der Waals surface area contributed by atoms with Crippen molar-refractivity contribution in [1.82, 2.24) is 15.5 Å². The van der Waals surface area contributed by atoms with Crippen LogP contribution in [0.2, 0.25) is 0 Å². The number of carbonyl (C=O) groups is 3. The van der Waals surface area contributed by atoms with E-state index in [0.29, 0.717) is 0 Å². The van der Waals surface area contributed by atoms with Gasteiger partial charge in [-0.05, 0) is 91.8 Å². The lowest BCUT2D eigenvalue weighted by Gasteiger charge is -2.43. The number of rotatable bonds is 6. The van der Waals surface area contributed by atoms with Gasteiger partial charge in [0, 0.05) is 11.6 Å². The van der Waals surface area contributed by atoms with Gasteiger partial charge in [0.2, 0.25) is 11.8 Å². The second-order valence-corrected chi connectivity index (χ2v) is 11.8. The molecule has 1 saturated carbocycles. The highest BCUT2D eigenvalue weighted by atomic mass is 16.6. The molecule has 2 unspecified atom stereocenters. The Balaban J connectivity index is 2.46. The highest BCUT2D eigenvalue weighted by Gasteiger charge is 2.41. The quantitative estimate of drug-likeness (QED) is 0.567. The Labute approximate surface area is 211 Å². The first kappa shape index (κ1) is 28.7. The van der Waals surface area contributed by atoms with Crippen LogP contribution in [0.5, 0.6) is 0 Å². The smallest absolute Gasteiger partial charge is 0.408 e. The maximum atomic E-state index is 13.9. The molecular formula is C28H45N3O4. The minimum absolute atomic E-state index is 0.109. The van der Waals surface area contributed by atoms with E-state index in [2.05, 4.69) is 10.6 Å². The van der Waals surface area contributed by atoms with Crippen molar-refractivity contribution in [3.05, 3.63) is 34.9 Å². The minimum atomic E-state index is -0.876. The molecule has 1 aliphatic rings. The molecule has 1 aromatic rings. The first-order valence-corrected chi connectivity index (χ1v) is 12.8. The van der Waals surface area contributed by atoms with E-state index in [0.717, 1.165) is 42.4 Å². The van der Waals surface area contributed by atoms with Crippen molar-refractivity contribution in [2.75, 3.05) is 0 Å². The molecule has 2 rings (SSSR count). The fourth-order valence-electron chi connectivity index (χ4n) is 4.59. The lowest BCUT2D eigenvalue weighted by atomic mass is 9.90. The number of alkyl carbamates (subject to hydrolysis) is 1. The summed E-state index contributed by atoms with van der Waals surface area (Å²) in [5, 5.41) is 5.89. The molecule has 7 nitrogen and oxygen atoms in total. The molecule has 1 aromatic carbocycles. The summed E-state index contributed by atoms with van der Waals surface area (Å²) in [6, 6.07) is 4.26. The Bertz CT molecular complexity index is 908.